The molecule has 0 spiro atoms. The smallest absolute Gasteiger partial charge is 0.251 e. The van der Waals surface area contributed by atoms with Crippen LogP contribution in [-0.2, 0) is 6.42 Å². The summed E-state index contributed by atoms with van der Waals surface area (Å²) in [5, 5.41) is 2.90. The van der Waals surface area contributed by atoms with Crippen LogP contribution in [0.2, 0.25) is 0 Å². The van der Waals surface area contributed by atoms with Crippen LogP contribution in [0.1, 0.15) is 15.9 Å². The molecule has 0 unspecified atom stereocenters. The summed E-state index contributed by atoms with van der Waals surface area (Å²) in [4.78, 5) is 11.7. The Bertz CT molecular complexity index is 465. The summed E-state index contributed by atoms with van der Waals surface area (Å²) in [6.07, 6.45) is 0.841. The maximum Gasteiger partial charge on any atom is 0.251 e. The van der Waals surface area contributed by atoms with E-state index in [9.17, 15) is 4.79 Å². The summed E-state index contributed by atoms with van der Waals surface area (Å²) in [5.74, 6) is -0.0203. The van der Waals surface area contributed by atoms with Crippen molar-refractivity contribution in [1.82, 2.24) is 5.32 Å². The molecule has 2 nitrogen and oxygen atoms in total. The van der Waals surface area contributed by atoms with Crippen LogP contribution in [0.5, 0.6) is 0 Å². The van der Waals surface area contributed by atoms with Crippen molar-refractivity contribution < 1.29 is 4.79 Å². The maximum atomic E-state index is 11.7. The van der Waals surface area contributed by atoms with E-state index in [1.54, 1.807) is 0 Å². The molecule has 0 aliphatic rings. The molecular weight excluding hydrogens is 210 g/mol. The Hall–Kier alpha value is -2.09. The van der Waals surface area contributed by atoms with Crippen LogP contribution >= 0.6 is 0 Å². The van der Waals surface area contributed by atoms with Crippen molar-refractivity contribution in [2.24, 2.45) is 0 Å². The molecule has 0 bridgehead atoms. The van der Waals surface area contributed by atoms with Crippen LogP contribution in [-0.4, -0.2) is 12.5 Å². The molecule has 1 radical (unpaired) electrons. The van der Waals surface area contributed by atoms with Crippen LogP contribution in [0, 0.1) is 6.07 Å². The van der Waals surface area contributed by atoms with Gasteiger partial charge in [0.2, 0.25) is 0 Å². The fourth-order valence-electron chi connectivity index (χ4n) is 1.60. The first-order valence-corrected chi connectivity index (χ1v) is 5.64. The lowest BCUT2D eigenvalue weighted by Crippen LogP contribution is -2.25. The van der Waals surface area contributed by atoms with E-state index < -0.39 is 0 Å². The van der Waals surface area contributed by atoms with Gasteiger partial charge in [-0.2, -0.15) is 0 Å². The third kappa shape index (κ3) is 3.45. The molecule has 2 aromatic rings. The van der Waals surface area contributed by atoms with Crippen LogP contribution in [0.4, 0.5) is 0 Å². The fraction of sp³-hybridized carbons (Fsp3) is 0.133. The number of hydrogen-bond donors (Lipinski definition) is 1. The molecule has 85 valence electrons. The van der Waals surface area contributed by atoms with Gasteiger partial charge < -0.3 is 5.32 Å². The van der Waals surface area contributed by atoms with Gasteiger partial charge in [-0.3, -0.25) is 4.79 Å². The minimum absolute atomic E-state index is 0.0203. The summed E-state index contributed by atoms with van der Waals surface area (Å²) in [7, 11) is 0. The van der Waals surface area contributed by atoms with Crippen LogP contribution in [0.25, 0.3) is 0 Å². The van der Waals surface area contributed by atoms with Crippen molar-refractivity contribution in [2.75, 3.05) is 6.54 Å². The number of amides is 1. The van der Waals surface area contributed by atoms with E-state index >= 15 is 0 Å². The highest BCUT2D eigenvalue weighted by Crippen LogP contribution is 2.00. The standard InChI is InChI=1S/C15H14NO/c17-15(14-9-5-2-6-10-14)16-12-11-13-7-3-1-4-8-13/h2-10H,11-12H2,(H,16,17). The zero-order chi connectivity index (χ0) is 11.9. The zero-order valence-corrected chi connectivity index (χ0v) is 9.52. The molecule has 1 amide bonds. The van der Waals surface area contributed by atoms with Crippen molar-refractivity contribution in [3.05, 3.63) is 71.8 Å². The number of rotatable bonds is 4. The first-order valence-electron chi connectivity index (χ1n) is 5.64. The normalized spacial score (nSPS) is 9.88. The predicted octanol–water partition coefficient (Wildman–Crippen LogP) is 2.46. The zero-order valence-electron chi connectivity index (χ0n) is 9.52. The molecule has 17 heavy (non-hydrogen) atoms. The molecule has 2 rings (SSSR count). The minimum Gasteiger partial charge on any atom is -0.352 e. The summed E-state index contributed by atoms with van der Waals surface area (Å²) in [6.45, 7) is 0.651. The Kier molecular flexibility index (Phi) is 3.92. The largest absolute Gasteiger partial charge is 0.352 e. The molecule has 2 heteroatoms. The van der Waals surface area contributed by atoms with E-state index in [0.29, 0.717) is 12.1 Å². The molecule has 0 saturated carbocycles. The quantitative estimate of drug-likeness (QED) is 0.849. The van der Waals surface area contributed by atoms with Crippen molar-refractivity contribution in [1.29, 1.82) is 0 Å². The first-order chi connectivity index (χ1) is 8.36. The number of carbonyl (C=O) groups excluding carboxylic acids is 1. The molecule has 0 fully saturated rings. The lowest BCUT2D eigenvalue weighted by Gasteiger charge is -2.05. The van der Waals surface area contributed by atoms with Crippen LogP contribution in [0.15, 0.2) is 54.6 Å². The Balaban J connectivity index is 1.82. The van der Waals surface area contributed by atoms with Crippen molar-refractivity contribution >= 4 is 5.91 Å². The molecule has 0 aliphatic carbocycles. The van der Waals surface area contributed by atoms with E-state index in [4.69, 9.17) is 0 Å². The molecule has 2 aromatic carbocycles. The highest BCUT2D eigenvalue weighted by atomic mass is 16.1. The Morgan fingerprint density at radius 3 is 2.47 bits per heavy atom. The second-order valence-electron chi connectivity index (χ2n) is 3.78. The minimum atomic E-state index is -0.0203. The second kappa shape index (κ2) is 5.85. The van der Waals surface area contributed by atoms with E-state index in [1.807, 2.05) is 54.6 Å². The molecule has 0 atom stereocenters. The van der Waals surface area contributed by atoms with E-state index in [2.05, 4.69) is 11.4 Å². The number of hydrogen-bond acceptors (Lipinski definition) is 1. The maximum absolute atomic E-state index is 11.7. The topological polar surface area (TPSA) is 29.1 Å². The average Bonchev–Trinajstić information content (AvgIpc) is 2.41. The van der Waals surface area contributed by atoms with Crippen molar-refractivity contribution in [3.63, 3.8) is 0 Å². The highest BCUT2D eigenvalue weighted by molar-refractivity contribution is 5.94. The summed E-state index contributed by atoms with van der Waals surface area (Å²) in [6, 6.07) is 20.0. The van der Waals surface area contributed by atoms with Gasteiger partial charge in [-0.05, 0) is 30.2 Å². The van der Waals surface area contributed by atoms with Crippen LogP contribution in [0.3, 0.4) is 0 Å². The van der Waals surface area contributed by atoms with Crippen molar-refractivity contribution in [3.8, 4) is 0 Å². The van der Waals surface area contributed by atoms with E-state index in [0.717, 1.165) is 6.42 Å². The van der Waals surface area contributed by atoms with Gasteiger partial charge >= 0.3 is 0 Å². The van der Waals surface area contributed by atoms with Gasteiger partial charge in [0.05, 0.1) is 0 Å². The van der Waals surface area contributed by atoms with Gasteiger partial charge in [0, 0.05) is 12.1 Å². The molecule has 0 aliphatic heterocycles. The summed E-state index contributed by atoms with van der Waals surface area (Å²) >= 11 is 0. The van der Waals surface area contributed by atoms with Crippen LogP contribution < -0.4 is 5.32 Å². The average molecular weight is 224 g/mol. The molecule has 0 aromatic heterocycles. The van der Waals surface area contributed by atoms with Gasteiger partial charge in [-0.25, -0.2) is 0 Å². The molecule has 0 heterocycles. The fourth-order valence-corrected chi connectivity index (χ4v) is 1.60. The Morgan fingerprint density at radius 1 is 1.06 bits per heavy atom. The third-order valence-electron chi connectivity index (χ3n) is 2.52. The summed E-state index contributed by atoms with van der Waals surface area (Å²) in [5.41, 5.74) is 1.91. The lowest BCUT2D eigenvalue weighted by molar-refractivity contribution is 0.0954. The van der Waals surface area contributed by atoms with Gasteiger partial charge in [-0.1, -0.05) is 42.5 Å². The van der Waals surface area contributed by atoms with Crippen molar-refractivity contribution in [2.45, 2.75) is 6.42 Å². The third-order valence-corrected chi connectivity index (χ3v) is 2.52. The highest BCUT2D eigenvalue weighted by Gasteiger charge is 2.02. The van der Waals surface area contributed by atoms with E-state index in [-0.39, 0.29) is 5.91 Å². The predicted molar refractivity (Wildman–Crippen MR) is 67.8 cm³/mol. The number of benzene rings is 2. The van der Waals surface area contributed by atoms with E-state index in [1.165, 1.54) is 5.56 Å². The second-order valence-corrected chi connectivity index (χ2v) is 3.78. The lowest BCUT2D eigenvalue weighted by atomic mass is 10.1. The molecular formula is C15H14NO. The molecule has 0 saturated heterocycles. The van der Waals surface area contributed by atoms with Gasteiger partial charge in [0.15, 0.2) is 0 Å². The van der Waals surface area contributed by atoms with Gasteiger partial charge in [0.25, 0.3) is 5.91 Å². The number of carbonyl (C=O) groups is 1. The first kappa shape index (κ1) is 11.4. The molecule has 1 N–H and O–H groups in total. The Labute approximate surface area is 101 Å². The van der Waals surface area contributed by atoms with Gasteiger partial charge in [-0.15, -0.1) is 0 Å². The number of nitrogens with one attached hydrogen (secondary N) is 1. The Morgan fingerprint density at radius 2 is 1.76 bits per heavy atom. The SMILES string of the molecule is O=C(NCCc1cc[c]cc1)c1ccccc1. The summed E-state index contributed by atoms with van der Waals surface area (Å²) < 4.78 is 0. The van der Waals surface area contributed by atoms with Gasteiger partial charge in [0.1, 0.15) is 0 Å². The monoisotopic (exact) mass is 224 g/mol.